The normalized spacial score (nSPS) is 14.5. The SMILES string of the molecule is CCNc1nc(C)nc(SC(C)C(C)O)c1C. The number of nitrogens with one attached hydrogen (secondary N) is 1. The first-order chi connectivity index (χ1) is 7.95. The van der Waals surface area contributed by atoms with Crippen LogP contribution in [0.25, 0.3) is 0 Å². The number of aliphatic hydroxyl groups excluding tert-OH is 1. The number of rotatable bonds is 5. The van der Waals surface area contributed by atoms with Gasteiger partial charge in [-0.25, -0.2) is 9.97 Å². The maximum absolute atomic E-state index is 9.54. The number of nitrogens with zero attached hydrogens (tertiary/aromatic N) is 2. The van der Waals surface area contributed by atoms with Crippen LogP contribution in [0, 0.1) is 13.8 Å². The Labute approximate surface area is 107 Å². The minimum atomic E-state index is -0.350. The highest BCUT2D eigenvalue weighted by molar-refractivity contribution is 7.99. The van der Waals surface area contributed by atoms with Crippen molar-refractivity contribution < 1.29 is 5.11 Å². The maximum atomic E-state index is 9.54. The fourth-order valence-corrected chi connectivity index (χ4v) is 2.34. The summed E-state index contributed by atoms with van der Waals surface area (Å²) in [6.45, 7) is 10.6. The minimum absolute atomic E-state index is 0.123. The van der Waals surface area contributed by atoms with Gasteiger partial charge in [0.15, 0.2) is 0 Å². The second-order valence-corrected chi connectivity index (χ2v) is 5.51. The minimum Gasteiger partial charge on any atom is -0.392 e. The van der Waals surface area contributed by atoms with Crippen molar-refractivity contribution in [1.29, 1.82) is 0 Å². The molecule has 96 valence electrons. The van der Waals surface area contributed by atoms with E-state index in [0.717, 1.165) is 28.8 Å². The number of hydrogen-bond acceptors (Lipinski definition) is 5. The molecular weight excluding hydrogens is 234 g/mol. The van der Waals surface area contributed by atoms with Gasteiger partial charge < -0.3 is 10.4 Å². The standard InChI is InChI=1S/C12H21N3OS/c1-6-13-11-7(2)12(15-10(5)14-11)17-9(4)8(3)16/h8-9,16H,6H2,1-5H3,(H,13,14,15). The van der Waals surface area contributed by atoms with Crippen LogP contribution in [0.15, 0.2) is 5.03 Å². The Kier molecular flexibility index (Phi) is 5.21. The summed E-state index contributed by atoms with van der Waals surface area (Å²) in [5.41, 5.74) is 1.05. The second-order valence-electron chi connectivity index (χ2n) is 4.14. The van der Waals surface area contributed by atoms with E-state index in [1.54, 1.807) is 18.7 Å². The topological polar surface area (TPSA) is 58.0 Å². The number of aryl methyl sites for hydroxylation is 1. The molecule has 0 aromatic carbocycles. The fraction of sp³-hybridized carbons (Fsp3) is 0.667. The highest BCUT2D eigenvalue weighted by Gasteiger charge is 2.15. The molecular formula is C12H21N3OS. The smallest absolute Gasteiger partial charge is 0.133 e. The van der Waals surface area contributed by atoms with Gasteiger partial charge in [0.25, 0.3) is 0 Å². The zero-order valence-corrected chi connectivity index (χ0v) is 11.9. The molecule has 5 heteroatoms. The van der Waals surface area contributed by atoms with Gasteiger partial charge in [-0.3, -0.25) is 0 Å². The second kappa shape index (κ2) is 6.21. The van der Waals surface area contributed by atoms with Crippen LogP contribution >= 0.6 is 11.8 Å². The van der Waals surface area contributed by atoms with Gasteiger partial charge in [-0.1, -0.05) is 6.92 Å². The molecule has 2 N–H and O–H groups in total. The first-order valence-corrected chi connectivity index (χ1v) is 6.77. The van der Waals surface area contributed by atoms with E-state index >= 15 is 0 Å². The number of aromatic nitrogens is 2. The summed E-state index contributed by atoms with van der Waals surface area (Å²) in [5, 5.41) is 13.8. The zero-order valence-electron chi connectivity index (χ0n) is 11.1. The summed E-state index contributed by atoms with van der Waals surface area (Å²) in [5.74, 6) is 1.65. The lowest BCUT2D eigenvalue weighted by atomic mass is 10.3. The molecule has 4 nitrogen and oxygen atoms in total. The third-order valence-corrected chi connectivity index (χ3v) is 3.92. The molecule has 0 fully saturated rings. The summed E-state index contributed by atoms with van der Waals surface area (Å²) in [6.07, 6.45) is -0.350. The van der Waals surface area contributed by atoms with E-state index in [1.807, 2.05) is 27.7 Å². The summed E-state index contributed by atoms with van der Waals surface area (Å²) in [7, 11) is 0. The Balaban J connectivity index is 2.98. The van der Waals surface area contributed by atoms with Gasteiger partial charge in [-0.2, -0.15) is 0 Å². The van der Waals surface area contributed by atoms with E-state index in [4.69, 9.17) is 0 Å². The van der Waals surface area contributed by atoms with E-state index in [2.05, 4.69) is 15.3 Å². The summed E-state index contributed by atoms with van der Waals surface area (Å²) in [4.78, 5) is 8.82. The van der Waals surface area contributed by atoms with Gasteiger partial charge in [0.1, 0.15) is 16.7 Å². The Morgan fingerprint density at radius 3 is 2.47 bits per heavy atom. The van der Waals surface area contributed by atoms with Crippen LogP contribution in [0.1, 0.15) is 32.2 Å². The van der Waals surface area contributed by atoms with Crippen molar-refractivity contribution in [2.45, 2.75) is 51.0 Å². The van der Waals surface area contributed by atoms with Gasteiger partial charge in [-0.15, -0.1) is 11.8 Å². The van der Waals surface area contributed by atoms with Gasteiger partial charge in [0.2, 0.25) is 0 Å². The van der Waals surface area contributed by atoms with Crippen LogP contribution in [0.3, 0.4) is 0 Å². The van der Waals surface area contributed by atoms with Crippen LogP contribution in [-0.2, 0) is 0 Å². The number of hydrogen-bond donors (Lipinski definition) is 2. The molecule has 0 amide bonds. The summed E-state index contributed by atoms with van der Waals surface area (Å²) < 4.78 is 0. The molecule has 0 saturated heterocycles. The molecule has 0 bridgehead atoms. The van der Waals surface area contributed by atoms with Crippen molar-refractivity contribution >= 4 is 17.6 Å². The average molecular weight is 255 g/mol. The molecule has 0 aliphatic carbocycles. The highest BCUT2D eigenvalue weighted by Crippen LogP contribution is 2.29. The Morgan fingerprint density at radius 1 is 1.29 bits per heavy atom. The van der Waals surface area contributed by atoms with Gasteiger partial charge in [-0.05, 0) is 27.7 Å². The van der Waals surface area contributed by atoms with Crippen molar-refractivity contribution in [3.05, 3.63) is 11.4 Å². The molecule has 0 aliphatic heterocycles. The number of anilines is 1. The van der Waals surface area contributed by atoms with Gasteiger partial charge >= 0.3 is 0 Å². The first-order valence-electron chi connectivity index (χ1n) is 5.89. The summed E-state index contributed by atoms with van der Waals surface area (Å²) >= 11 is 1.59. The van der Waals surface area contributed by atoms with Crippen LogP contribution in [0.2, 0.25) is 0 Å². The lowest BCUT2D eigenvalue weighted by Gasteiger charge is -2.16. The fourth-order valence-electron chi connectivity index (χ4n) is 1.33. The lowest BCUT2D eigenvalue weighted by molar-refractivity contribution is 0.196. The largest absolute Gasteiger partial charge is 0.392 e. The Morgan fingerprint density at radius 2 is 1.94 bits per heavy atom. The lowest BCUT2D eigenvalue weighted by Crippen LogP contribution is -2.16. The van der Waals surface area contributed by atoms with E-state index in [0.29, 0.717) is 0 Å². The third kappa shape index (κ3) is 3.85. The van der Waals surface area contributed by atoms with E-state index in [-0.39, 0.29) is 11.4 Å². The third-order valence-electron chi connectivity index (χ3n) is 2.53. The van der Waals surface area contributed by atoms with Crippen LogP contribution in [0.5, 0.6) is 0 Å². The molecule has 17 heavy (non-hydrogen) atoms. The van der Waals surface area contributed by atoms with Crippen LogP contribution in [0.4, 0.5) is 5.82 Å². The Hall–Kier alpha value is -0.810. The van der Waals surface area contributed by atoms with Crippen LogP contribution < -0.4 is 5.32 Å². The molecule has 1 heterocycles. The monoisotopic (exact) mass is 255 g/mol. The van der Waals surface area contributed by atoms with Crippen molar-refractivity contribution in [1.82, 2.24) is 9.97 Å². The summed E-state index contributed by atoms with van der Waals surface area (Å²) in [6, 6.07) is 0. The average Bonchev–Trinajstić information content (AvgIpc) is 2.24. The molecule has 1 aromatic rings. The molecule has 0 saturated carbocycles. The highest BCUT2D eigenvalue weighted by atomic mass is 32.2. The quantitative estimate of drug-likeness (QED) is 0.625. The van der Waals surface area contributed by atoms with Crippen LogP contribution in [-0.4, -0.2) is 33.0 Å². The predicted octanol–water partition coefficient (Wildman–Crippen LogP) is 2.39. The zero-order chi connectivity index (χ0) is 13.0. The number of thioether (sulfide) groups is 1. The number of aliphatic hydroxyl groups is 1. The van der Waals surface area contributed by atoms with Crippen molar-refractivity contribution in [2.24, 2.45) is 0 Å². The molecule has 2 unspecified atom stereocenters. The van der Waals surface area contributed by atoms with Crippen molar-refractivity contribution in [2.75, 3.05) is 11.9 Å². The maximum Gasteiger partial charge on any atom is 0.133 e. The molecule has 1 aromatic heterocycles. The molecule has 1 rings (SSSR count). The molecule has 2 atom stereocenters. The van der Waals surface area contributed by atoms with Gasteiger partial charge in [0, 0.05) is 17.4 Å². The van der Waals surface area contributed by atoms with E-state index < -0.39 is 0 Å². The first kappa shape index (κ1) is 14.3. The van der Waals surface area contributed by atoms with Crippen molar-refractivity contribution in [3.8, 4) is 0 Å². The predicted molar refractivity (Wildman–Crippen MR) is 72.7 cm³/mol. The molecule has 0 radical (unpaired) electrons. The molecule has 0 spiro atoms. The van der Waals surface area contributed by atoms with E-state index in [9.17, 15) is 5.11 Å². The van der Waals surface area contributed by atoms with Crippen molar-refractivity contribution in [3.63, 3.8) is 0 Å². The molecule has 0 aliphatic rings. The van der Waals surface area contributed by atoms with Gasteiger partial charge in [0.05, 0.1) is 6.10 Å². The van der Waals surface area contributed by atoms with E-state index in [1.165, 1.54) is 0 Å². The Bertz CT molecular complexity index is 382.